The van der Waals surface area contributed by atoms with Crippen LogP contribution in [0.4, 0.5) is 0 Å². The zero-order valence-electron chi connectivity index (χ0n) is 21.9. The van der Waals surface area contributed by atoms with Gasteiger partial charge in [-0.05, 0) is 73.0 Å². The molecule has 6 nitrogen and oxygen atoms in total. The van der Waals surface area contributed by atoms with Crippen molar-refractivity contribution in [3.63, 3.8) is 0 Å². The second kappa shape index (κ2) is 8.88. The van der Waals surface area contributed by atoms with Gasteiger partial charge < -0.3 is 14.2 Å². The molecule has 6 heteroatoms. The number of carbonyl (C=O) groups excluding carboxylic acids is 3. The number of esters is 3. The number of fused-ring (bicyclic) bond motifs is 3. The van der Waals surface area contributed by atoms with Crippen LogP contribution in [0, 0.1) is 39.4 Å². The SMILES string of the molecule is COC(=O)CC[C@]1(C)[C@@H](C(=O)OC)CC[C@@H]2[C@@]3(C)CC[C@H](OC(C)=O)C(C)(C)[C@@H]3CC[C@]21C. The second-order valence-electron chi connectivity index (χ2n) is 12.2. The van der Waals surface area contributed by atoms with Crippen LogP contribution < -0.4 is 0 Å². The summed E-state index contributed by atoms with van der Waals surface area (Å²) in [6.45, 7) is 13.0. The first-order valence-electron chi connectivity index (χ1n) is 12.6. The molecule has 0 aliphatic heterocycles. The van der Waals surface area contributed by atoms with Crippen molar-refractivity contribution in [3.8, 4) is 0 Å². The standard InChI is InChI=1S/C27H44O6/c1-17(28)33-21-12-14-25(4)19(24(21,2)3)11-15-27(6)20(25)10-9-18(23(30)32-8)26(27,5)16-13-22(29)31-7/h18-21H,9-16H2,1-8H3/t18-,19+,20-,21+,25+,26-,27-/m1/s1. The average Bonchev–Trinajstić information content (AvgIpc) is 2.74. The van der Waals surface area contributed by atoms with Gasteiger partial charge in [0.2, 0.25) is 0 Å². The van der Waals surface area contributed by atoms with Gasteiger partial charge in [-0.15, -0.1) is 0 Å². The Balaban J connectivity index is 2.00. The Morgan fingerprint density at radius 1 is 0.848 bits per heavy atom. The van der Waals surface area contributed by atoms with Crippen LogP contribution in [0.3, 0.4) is 0 Å². The largest absolute Gasteiger partial charge is 0.469 e. The van der Waals surface area contributed by atoms with Crippen LogP contribution in [-0.4, -0.2) is 38.2 Å². The predicted molar refractivity (Wildman–Crippen MR) is 125 cm³/mol. The van der Waals surface area contributed by atoms with Gasteiger partial charge >= 0.3 is 17.9 Å². The number of carbonyl (C=O) groups is 3. The maximum atomic E-state index is 12.9. The normalized spacial score (nSPS) is 41.8. The Bertz CT molecular complexity index is 789. The molecule has 33 heavy (non-hydrogen) atoms. The van der Waals surface area contributed by atoms with Crippen LogP contribution in [0.25, 0.3) is 0 Å². The molecule has 0 heterocycles. The van der Waals surface area contributed by atoms with Gasteiger partial charge in [0, 0.05) is 18.8 Å². The highest BCUT2D eigenvalue weighted by molar-refractivity contribution is 5.74. The summed E-state index contributed by atoms with van der Waals surface area (Å²) in [5.41, 5.74) is -0.488. The molecular weight excluding hydrogens is 420 g/mol. The van der Waals surface area contributed by atoms with Crippen molar-refractivity contribution in [2.75, 3.05) is 14.2 Å². The molecule has 0 aromatic rings. The van der Waals surface area contributed by atoms with Gasteiger partial charge in [-0.2, -0.15) is 0 Å². The summed E-state index contributed by atoms with van der Waals surface area (Å²) in [5, 5.41) is 0. The molecule has 0 bridgehead atoms. The van der Waals surface area contributed by atoms with E-state index in [-0.39, 0.29) is 51.6 Å². The van der Waals surface area contributed by atoms with Crippen LogP contribution in [0.5, 0.6) is 0 Å². The van der Waals surface area contributed by atoms with E-state index in [1.54, 1.807) is 0 Å². The summed E-state index contributed by atoms with van der Waals surface area (Å²) in [5.74, 6) is 0.0394. The van der Waals surface area contributed by atoms with Crippen LogP contribution in [0.2, 0.25) is 0 Å². The van der Waals surface area contributed by atoms with E-state index in [4.69, 9.17) is 14.2 Å². The summed E-state index contributed by atoms with van der Waals surface area (Å²) < 4.78 is 16.0. The average molecular weight is 465 g/mol. The smallest absolute Gasteiger partial charge is 0.309 e. The molecule has 0 spiro atoms. The van der Waals surface area contributed by atoms with E-state index in [0.717, 1.165) is 38.5 Å². The number of ether oxygens (including phenoxy) is 3. The predicted octanol–water partition coefficient (Wildman–Crippen LogP) is 5.32. The van der Waals surface area contributed by atoms with Gasteiger partial charge in [-0.25, -0.2) is 0 Å². The lowest BCUT2D eigenvalue weighted by Crippen LogP contribution is -2.65. The van der Waals surface area contributed by atoms with E-state index in [0.29, 0.717) is 24.7 Å². The monoisotopic (exact) mass is 464 g/mol. The highest BCUT2D eigenvalue weighted by Gasteiger charge is 2.68. The molecule has 3 aliphatic rings. The van der Waals surface area contributed by atoms with Crippen molar-refractivity contribution >= 4 is 17.9 Å². The van der Waals surface area contributed by atoms with Gasteiger partial charge in [0.15, 0.2) is 0 Å². The van der Waals surface area contributed by atoms with Crippen molar-refractivity contribution in [1.29, 1.82) is 0 Å². The molecule has 0 saturated heterocycles. The lowest BCUT2D eigenvalue weighted by molar-refractivity contribution is -0.233. The zero-order valence-corrected chi connectivity index (χ0v) is 21.9. The van der Waals surface area contributed by atoms with Crippen molar-refractivity contribution in [2.24, 2.45) is 39.4 Å². The molecule has 3 aliphatic carbocycles. The molecule has 0 aromatic heterocycles. The van der Waals surface area contributed by atoms with Crippen LogP contribution >= 0.6 is 0 Å². The van der Waals surface area contributed by atoms with Gasteiger partial charge in [-0.3, -0.25) is 14.4 Å². The molecule has 3 rings (SSSR count). The van der Waals surface area contributed by atoms with E-state index in [1.807, 2.05) is 0 Å². The van der Waals surface area contributed by atoms with E-state index >= 15 is 0 Å². The lowest BCUT2D eigenvalue weighted by atomic mass is 9.35. The molecule has 0 N–H and O–H groups in total. The van der Waals surface area contributed by atoms with Gasteiger partial charge in [0.1, 0.15) is 6.10 Å². The molecule has 188 valence electrons. The number of methoxy groups -OCH3 is 2. The Kier molecular flexibility index (Phi) is 7.01. The molecule has 0 radical (unpaired) electrons. The van der Waals surface area contributed by atoms with E-state index < -0.39 is 0 Å². The summed E-state index contributed by atoms with van der Waals surface area (Å²) in [4.78, 5) is 36.8. The highest BCUT2D eigenvalue weighted by atomic mass is 16.5. The van der Waals surface area contributed by atoms with Gasteiger partial charge in [0.05, 0.1) is 20.1 Å². The van der Waals surface area contributed by atoms with Crippen LogP contribution in [0.1, 0.15) is 92.9 Å². The second-order valence-corrected chi connectivity index (χ2v) is 12.2. The Morgan fingerprint density at radius 3 is 2.09 bits per heavy atom. The first-order valence-corrected chi connectivity index (χ1v) is 12.6. The van der Waals surface area contributed by atoms with Crippen LogP contribution in [0.15, 0.2) is 0 Å². The zero-order chi connectivity index (χ0) is 24.8. The fourth-order valence-corrected chi connectivity index (χ4v) is 8.76. The molecule has 7 atom stereocenters. The Hall–Kier alpha value is -1.59. The molecule has 0 amide bonds. The third kappa shape index (κ3) is 3.99. The maximum Gasteiger partial charge on any atom is 0.309 e. The Morgan fingerprint density at radius 2 is 1.52 bits per heavy atom. The maximum absolute atomic E-state index is 12.9. The highest BCUT2D eigenvalue weighted by Crippen LogP contribution is 2.73. The van der Waals surface area contributed by atoms with Gasteiger partial charge in [0.25, 0.3) is 0 Å². The fraction of sp³-hybridized carbons (Fsp3) is 0.889. The summed E-state index contributed by atoms with van der Waals surface area (Å²) >= 11 is 0. The number of hydrogen-bond acceptors (Lipinski definition) is 6. The Labute approximate surface area is 199 Å². The first kappa shape index (κ1) is 26.0. The summed E-state index contributed by atoms with van der Waals surface area (Å²) in [7, 11) is 2.89. The van der Waals surface area contributed by atoms with Crippen molar-refractivity contribution in [1.82, 2.24) is 0 Å². The summed E-state index contributed by atoms with van der Waals surface area (Å²) in [6.07, 6.45) is 6.51. The lowest BCUT2D eigenvalue weighted by Gasteiger charge is -2.70. The number of rotatable bonds is 5. The van der Waals surface area contributed by atoms with E-state index in [1.165, 1.54) is 21.1 Å². The van der Waals surface area contributed by atoms with E-state index in [9.17, 15) is 14.4 Å². The van der Waals surface area contributed by atoms with Crippen LogP contribution in [-0.2, 0) is 28.6 Å². The van der Waals surface area contributed by atoms with Crippen molar-refractivity contribution in [3.05, 3.63) is 0 Å². The van der Waals surface area contributed by atoms with E-state index in [2.05, 4.69) is 34.6 Å². The fourth-order valence-electron chi connectivity index (χ4n) is 8.76. The third-order valence-electron chi connectivity index (χ3n) is 10.7. The third-order valence-corrected chi connectivity index (χ3v) is 10.7. The quantitative estimate of drug-likeness (QED) is 0.405. The molecular formula is C27H44O6. The molecule has 3 saturated carbocycles. The van der Waals surface area contributed by atoms with Crippen molar-refractivity contribution < 1.29 is 28.6 Å². The summed E-state index contributed by atoms with van der Waals surface area (Å²) in [6, 6.07) is 0. The minimum Gasteiger partial charge on any atom is -0.469 e. The molecule has 0 aromatic carbocycles. The topological polar surface area (TPSA) is 78.9 Å². The van der Waals surface area contributed by atoms with Gasteiger partial charge in [-0.1, -0.05) is 34.6 Å². The minimum atomic E-state index is -0.359. The van der Waals surface area contributed by atoms with Crippen molar-refractivity contribution in [2.45, 2.75) is 99.0 Å². The minimum absolute atomic E-state index is 0.0606. The number of hydrogen-bond donors (Lipinski definition) is 0. The first-order chi connectivity index (χ1) is 15.3. The molecule has 0 unspecified atom stereocenters. The molecule has 3 fully saturated rings.